The molecule has 0 spiro atoms. The minimum Gasteiger partial charge on any atom is -0.357 e. The molecule has 0 unspecified atom stereocenters. The molecule has 2 nitrogen and oxygen atoms in total. The van der Waals surface area contributed by atoms with Gasteiger partial charge in [-0.15, -0.1) is 11.8 Å². The van der Waals surface area contributed by atoms with Crippen LogP contribution < -0.4 is 0 Å². The number of aryl methyl sites for hydroxylation is 1. The Morgan fingerprint density at radius 2 is 2.00 bits per heavy atom. The summed E-state index contributed by atoms with van der Waals surface area (Å²) >= 11 is 1.42. The molecule has 0 aliphatic rings. The topological polar surface area (TPSA) is 22.0 Å². The molecule has 0 radical (unpaired) electrons. The molecule has 17 heavy (non-hydrogen) atoms. The van der Waals surface area contributed by atoms with E-state index >= 15 is 0 Å². The average molecular weight is 249 g/mol. The Kier molecular flexibility index (Phi) is 3.64. The predicted octanol–water partition coefficient (Wildman–Crippen LogP) is 3.14. The lowest BCUT2D eigenvalue weighted by Gasteiger charge is -2.00. The van der Waals surface area contributed by atoms with E-state index in [0.29, 0.717) is 11.3 Å². The lowest BCUT2D eigenvalue weighted by molar-refractivity contribution is 0.102. The van der Waals surface area contributed by atoms with Crippen molar-refractivity contribution in [2.45, 2.75) is 4.90 Å². The van der Waals surface area contributed by atoms with Crippen molar-refractivity contribution in [3.63, 3.8) is 0 Å². The zero-order valence-electron chi connectivity index (χ0n) is 9.39. The summed E-state index contributed by atoms with van der Waals surface area (Å²) in [4.78, 5) is 12.7. The van der Waals surface area contributed by atoms with E-state index in [9.17, 15) is 9.18 Å². The molecule has 0 amide bonds. The molecular formula is C13H12FNOS. The number of ketones is 1. The number of thioether (sulfide) groups is 1. The zero-order valence-corrected chi connectivity index (χ0v) is 10.2. The maximum Gasteiger partial charge on any atom is 0.174 e. The Morgan fingerprint density at radius 1 is 1.29 bits per heavy atom. The van der Waals surface area contributed by atoms with Gasteiger partial charge in [-0.05, 0) is 30.3 Å². The summed E-state index contributed by atoms with van der Waals surface area (Å²) in [5, 5.41) is 0. The quantitative estimate of drug-likeness (QED) is 0.613. The summed E-state index contributed by atoms with van der Waals surface area (Å²) in [7, 11) is 1.88. The molecule has 0 saturated heterocycles. The molecule has 1 heterocycles. The number of rotatable bonds is 4. The second-order valence-electron chi connectivity index (χ2n) is 3.73. The summed E-state index contributed by atoms with van der Waals surface area (Å²) < 4.78 is 14.5. The van der Waals surface area contributed by atoms with Gasteiger partial charge in [0.1, 0.15) is 5.82 Å². The molecular weight excluding hydrogens is 237 g/mol. The standard InChI is InChI=1S/C13H12FNOS/c1-15-7-6-10(8-15)13(16)9-17-12-4-2-11(14)3-5-12/h2-8H,9H2,1H3. The van der Waals surface area contributed by atoms with E-state index in [2.05, 4.69) is 0 Å². The molecule has 88 valence electrons. The molecule has 1 aromatic heterocycles. The van der Waals surface area contributed by atoms with E-state index in [1.165, 1.54) is 23.9 Å². The second kappa shape index (κ2) is 5.19. The number of carbonyl (C=O) groups is 1. The van der Waals surface area contributed by atoms with Crippen LogP contribution in [0.3, 0.4) is 0 Å². The van der Waals surface area contributed by atoms with Crippen molar-refractivity contribution in [3.8, 4) is 0 Å². The van der Waals surface area contributed by atoms with Gasteiger partial charge in [-0.25, -0.2) is 4.39 Å². The van der Waals surface area contributed by atoms with E-state index in [4.69, 9.17) is 0 Å². The smallest absolute Gasteiger partial charge is 0.174 e. The average Bonchev–Trinajstić information content (AvgIpc) is 2.75. The van der Waals surface area contributed by atoms with Crippen LogP contribution in [0.2, 0.25) is 0 Å². The SMILES string of the molecule is Cn1ccc(C(=O)CSc2ccc(F)cc2)c1. The Hall–Kier alpha value is -1.55. The van der Waals surface area contributed by atoms with Crippen molar-refractivity contribution in [2.24, 2.45) is 7.05 Å². The number of Topliss-reactive ketones (excluding diaryl/α,β-unsaturated/α-hetero) is 1. The fourth-order valence-corrected chi connectivity index (χ4v) is 2.22. The van der Waals surface area contributed by atoms with Gasteiger partial charge in [0, 0.05) is 29.9 Å². The monoisotopic (exact) mass is 249 g/mol. The molecule has 0 bridgehead atoms. The Balaban J connectivity index is 1.94. The van der Waals surface area contributed by atoms with E-state index in [1.54, 1.807) is 24.4 Å². The van der Waals surface area contributed by atoms with Crippen molar-refractivity contribution in [2.75, 3.05) is 5.75 Å². The number of halogens is 1. The van der Waals surface area contributed by atoms with Crippen LogP contribution in [0.4, 0.5) is 4.39 Å². The second-order valence-corrected chi connectivity index (χ2v) is 4.78. The van der Waals surface area contributed by atoms with Gasteiger partial charge in [0.2, 0.25) is 0 Å². The summed E-state index contributed by atoms with van der Waals surface area (Å²) in [5.74, 6) is 0.194. The number of carbonyl (C=O) groups excluding carboxylic acids is 1. The first kappa shape index (κ1) is 11.9. The van der Waals surface area contributed by atoms with Crippen LogP contribution in [0.15, 0.2) is 47.6 Å². The third-order valence-electron chi connectivity index (χ3n) is 2.34. The van der Waals surface area contributed by atoms with E-state index in [-0.39, 0.29) is 11.6 Å². The summed E-state index contributed by atoms with van der Waals surface area (Å²) in [6, 6.07) is 7.95. The van der Waals surface area contributed by atoms with Gasteiger partial charge in [0.05, 0.1) is 5.75 Å². The fourth-order valence-electron chi connectivity index (χ4n) is 1.43. The van der Waals surface area contributed by atoms with Crippen LogP contribution in [0.5, 0.6) is 0 Å². The van der Waals surface area contributed by atoms with Gasteiger partial charge in [-0.2, -0.15) is 0 Å². The highest BCUT2D eigenvalue weighted by Crippen LogP contribution is 2.19. The van der Waals surface area contributed by atoms with Crippen LogP contribution >= 0.6 is 11.8 Å². The fraction of sp³-hybridized carbons (Fsp3) is 0.154. The van der Waals surface area contributed by atoms with Crippen LogP contribution in [-0.4, -0.2) is 16.1 Å². The molecule has 0 N–H and O–H groups in total. The number of benzene rings is 1. The van der Waals surface area contributed by atoms with Crippen LogP contribution in [0.1, 0.15) is 10.4 Å². The maximum atomic E-state index is 12.7. The van der Waals surface area contributed by atoms with Gasteiger partial charge in [0.25, 0.3) is 0 Å². The minimum atomic E-state index is -0.260. The molecule has 2 aromatic rings. The summed E-state index contributed by atoms with van der Waals surface area (Å²) in [6.45, 7) is 0. The third kappa shape index (κ3) is 3.20. The lowest BCUT2D eigenvalue weighted by atomic mass is 10.2. The van der Waals surface area contributed by atoms with Crippen molar-refractivity contribution in [1.82, 2.24) is 4.57 Å². The Labute approximate surface area is 103 Å². The molecule has 0 saturated carbocycles. The molecule has 0 aliphatic carbocycles. The first-order valence-corrected chi connectivity index (χ1v) is 6.17. The Bertz CT molecular complexity index is 518. The van der Waals surface area contributed by atoms with E-state index in [0.717, 1.165) is 4.90 Å². The molecule has 4 heteroatoms. The first-order chi connectivity index (χ1) is 8.15. The largest absolute Gasteiger partial charge is 0.357 e. The molecule has 1 aromatic carbocycles. The first-order valence-electron chi connectivity index (χ1n) is 5.19. The highest BCUT2D eigenvalue weighted by atomic mass is 32.2. The normalized spacial score (nSPS) is 10.5. The minimum absolute atomic E-state index is 0.0833. The predicted molar refractivity (Wildman–Crippen MR) is 66.9 cm³/mol. The number of nitrogens with zero attached hydrogens (tertiary/aromatic N) is 1. The lowest BCUT2D eigenvalue weighted by Crippen LogP contribution is -2.00. The summed E-state index contributed by atoms with van der Waals surface area (Å²) in [5.41, 5.74) is 0.710. The van der Waals surface area contributed by atoms with Crippen LogP contribution in [0, 0.1) is 5.82 Å². The van der Waals surface area contributed by atoms with Gasteiger partial charge < -0.3 is 4.57 Å². The third-order valence-corrected chi connectivity index (χ3v) is 3.35. The highest BCUT2D eigenvalue weighted by molar-refractivity contribution is 8.00. The highest BCUT2D eigenvalue weighted by Gasteiger charge is 2.07. The number of hydrogen-bond donors (Lipinski definition) is 0. The zero-order chi connectivity index (χ0) is 12.3. The van der Waals surface area contributed by atoms with E-state index < -0.39 is 0 Å². The van der Waals surface area contributed by atoms with Crippen LogP contribution in [0.25, 0.3) is 0 Å². The molecule has 0 atom stereocenters. The van der Waals surface area contributed by atoms with E-state index in [1.807, 2.05) is 17.8 Å². The van der Waals surface area contributed by atoms with Gasteiger partial charge >= 0.3 is 0 Å². The van der Waals surface area contributed by atoms with Gasteiger partial charge in [-0.3, -0.25) is 4.79 Å². The summed E-state index contributed by atoms with van der Waals surface area (Å²) in [6.07, 6.45) is 3.64. The van der Waals surface area contributed by atoms with Crippen molar-refractivity contribution in [3.05, 3.63) is 54.1 Å². The van der Waals surface area contributed by atoms with Gasteiger partial charge in [0.15, 0.2) is 5.78 Å². The molecule has 0 aliphatic heterocycles. The molecule has 0 fully saturated rings. The van der Waals surface area contributed by atoms with Crippen molar-refractivity contribution >= 4 is 17.5 Å². The maximum absolute atomic E-state index is 12.7. The Morgan fingerprint density at radius 3 is 2.59 bits per heavy atom. The van der Waals surface area contributed by atoms with Crippen molar-refractivity contribution in [1.29, 1.82) is 0 Å². The van der Waals surface area contributed by atoms with Gasteiger partial charge in [-0.1, -0.05) is 0 Å². The van der Waals surface area contributed by atoms with Crippen LogP contribution in [-0.2, 0) is 7.05 Å². The molecule has 2 rings (SSSR count). The number of hydrogen-bond acceptors (Lipinski definition) is 2. The van der Waals surface area contributed by atoms with Crippen molar-refractivity contribution < 1.29 is 9.18 Å². The number of aromatic nitrogens is 1.